The molecule has 76 valence electrons. The number of ether oxygens (including phenoxy) is 2. The Kier molecular flexibility index (Phi) is 1.45. The first-order valence-electron chi connectivity index (χ1n) is 4.39. The molecule has 0 atom stereocenters. The van der Waals surface area contributed by atoms with Crippen LogP contribution in [0.25, 0.3) is 10.8 Å². The summed E-state index contributed by atoms with van der Waals surface area (Å²) in [6.45, 7) is 0.189. The number of pyridine rings is 1. The summed E-state index contributed by atoms with van der Waals surface area (Å²) in [6.07, 6.45) is 1.35. The van der Waals surface area contributed by atoms with Gasteiger partial charge in [0.15, 0.2) is 11.5 Å². The molecule has 1 aliphatic heterocycles. The predicted molar refractivity (Wildman–Crippen MR) is 51.5 cm³/mol. The van der Waals surface area contributed by atoms with E-state index in [0.29, 0.717) is 16.2 Å². The zero-order valence-electron chi connectivity index (χ0n) is 7.64. The second-order valence-electron chi connectivity index (χ2n) is 3.29. The summed E-state index contributed by atoms with van der Waals surface area (Å²) >= 11 is 0. The van der Waals surface area contributed by atoms with Gasteiger partial charge in [0.05, 0.1) is 6.20 Å². The SMILES string of the molecule is O=c1cc2cc3c(cc2cn1O)OCO3. The maximum atomic E-state index is 11.2. The number of rotatable bonds is 0. The van der Waals surface area contributed by atoms with Crippen LogP contribution in [-0.2, 0) is 0 Å². The Morgan fingerprint density at radius 1 is 1.13 bits per heavy atom. The van der Waals surface area contributed by atoms with Crippen molar-refractivity contribution in [1.82, 2.24) is 4.73 Å². The Morgan fingerprint density at radius 2 is 1.80 bits per heavy atom. The second-order valence-corrected chi connectivity index (χ2v) is 3.29. The molecular weight excluding hydrogens is 198 g/mol. The first-order chi connectivity index (χ1) is 7.24. The third-order valence-corrected chi connectivity index (χ3v) is 2.34. The van der Waals surface area contributed by atoms with Gasteiger partial charge in [-0.3, -0.25) is 4.79 Å². The molecular formula is C10H7NO4. The van der Waals surface area contributed by atoms with E-state index in [9.17, 15) is 10.0 Å². The smallest absolute Gasteiger partial charge is 0.283 e. The Morgan fingerprint density at radius 3 is 2.53 bits per heavy atom. The molecule has 2 heterocycles. The molecule has 0 unspecified atom stereocenters. The average Bonchev–Trinajstić information content (AvgIpc) is 2.63. The van der Waals surface area contributed by atoms with Gasteiger partial charge in [-0.15, -0.1) is 0 Å². The van der Waals surface area contributed by atoms with Gasteiger partial charge in [-0.25, -0.2) is 0 Å². The molecule has 0 amide bonds. The van der Waals surface area contributed by atoms with Gasteiger partial charge >= 0.3 is 0 Å². The molecule has 0 bridgehead atoms. The molecule has 0 radical (unpaired) electrons. The number of nitrogens with zero attached hydrogens (tertiary/aromatic N) is 1. The van der Waals surface area contributed by atoms with Gasteiger partial charge in [-0.1, -0.05) is 0 Å². The first-order valence-corrected chi connectivity index (χ1v) is 4.39. The number of hydrogen-bond donors (Lipinski definition) is 1. The maximum absolute atomic E-state index is 11.2. The van der Waals surface area contributed by atoms with Crippen LogP contribution in [-0.4, -0.2) is 16.7 Å². The lowest BCUT2D eigenvalue weighted by molar-refractivity contribution is 0.174. The molecule has 0 saturated carbocycles. The summed E-state index contributed by atoms with van der Waals surface area (Å²) < 4.78 is 10.9. The van der Waals surface area contributed by atoms with E-state index in [1.807, 2.05) is 0 Å². The van der Waals surface area contributed by atoms with Crippen LogP contribution < -0.4 is 15.0 Å². The monoisotopic (exact) mass is 205 g/mol. The Balaban J connectivity index is 2.38. The molecule has 1 N–H and O–H groups in total. The predicted octanol–water partition coefficient (Wildman–Crippen LogP) is 0.967. The molecule has 0 fully saturated rings. The van der Waals surface area contributed by atoms with E-state index in [1.54, 1.807) is 12.1 Å². The molecule has 1 aromatic heterocycles. The lowest BCUT2D eigenvalue weighted by Crippen LogP contribution is -2.14. The topological polar surface area (TPSA) is 60.7 Å². The van der Waals surface area contributed by atoms with Crippen molar-refractivity contribution in [1.29, 1.82) is 0 Å². The van der Waals surface area contributed by atoms with Gasteiger partial charge in [0.2, 0.25) is 6.79 Å². The van der Waals surface area contributed by atoms with Crippen LogP contribution in [0.15, 0.2) is 29.2 Å². The van der Waals surface area contributed by atoms with E-state index in [4.69, 9.17) is 9.47 Å². The van der Waals surface area contributed by atoms with Gasteiger partial charge in [0.1, 0.15) is 0 Å². The third-order valence-electron chi connectivity index (χ3n) is 2.34. The fourth-order valence-electron chi connectivity index (χ4n) is 1.60. The van der Waals surface area contributed by atoms with Crippen LogP contribution in [0.3, 0.4) is 0 Å². The number of aromatic nitrogens is 1. The second kappa shape index (κ2) is 2.66. The van der Waals surface area contributed by atoms with Crippen LogP contribution in [0, 0.1) is 0 Å². The number of benzene rings is 1. The van der Waals surface area contributed by atoms with E-state index < -0.39 is 5.56 Å². The van der Waals surface area contributed by atoms with Crippen LogP contribution in [0.5, 0.6) is 11.5 Å². The van der Waals surface area contributed by atoms with E-state index in [1.165, 1.54) is 12.3 Å². The van der Waals surface area contributed by atoms with Crippen molar-refractivity contribution >= 4 is 10.8 Å². The quantitative estimate of drug-likeness (QED) is 0.651. The van der Waals surface area contributed by atoms with Crippen molar-refractivity contribution in [3.63, 3.8) is 0 Å². The van der Waals surface area contributed by atoms with E-state index >= 15 is 0 Å². The van der Waals surface area contributed by atoms with Gasteiger partial charge in [-0.2, -0.15) is 4.73 Å². The van der Waals surface area contributed by atoms with Crippen LogP contribution >= 0.6 is 0 Å². The van der Waals surface area contributed by atoms with Gasteiger partial charge in [0.25, 0.3) is 5.56 Å². The van der Waals surface area contributed by atoms with Gasteiger partial charge in [-0.05, 0) is 17.5 Å². The molecule has 2 aromatic rings. The molecule has 0 aliphatic carbocycles. The highest BCUT2D eigenvalue weighted by Gasteiger charge is 2.14. The summed E-state index contributed by atoms with van der Waals surface area (Å²) in [7, 11) is 0. The summed E-state index contributed by atoms with van der Waals surface area (Å²) in [5.41, 5.74) is -0.471. The Bertz CT molecular complexity index is 602. The van der Waals surface area contributed by atoms with E-state index in [-0.39, 0.29) is 6.79 Å². The van der Waals surface area contributed by atoms with Crippen molar-refractivity contribution in [2.75, 3.05) is 6.79 Å². The van der Waals surface area contributed by atoms with Crippen LogP contribution in [0.4, 0.5) is 0 Å². The highest BCUT2D eigenvalue weighted by molar-refractivity contribution is 5.85. The number of fused-ring (bicyclic) bond motifs is 2. The fourth-order valence-corrected chi connectivity index (χ4v) is 1.60. The third kappa shape index (κ3) is 1.13. The highest BCUT2D eigenvalue weighted by Crippen LogP contribution is 2.35. The molecule has 1 aromatic carbocycles. The molecule has 0 saturated heterocycles. The lowest BCUT2D eigenvalue weighted by Gasteiger charge is -2.01. The molecule has 3 rings (SSSR count). The molecule has 5 nitrogen and oxygen atoms in total. The van der Waals surface area contributed by atoms with Crippen molar-refractivity contribution in [3.8, 4) is 11.5 Å². The van der Waals surface area contributed by atoms with E-state index in [2.05, 4.69) is 0 Å². The minimum Gasteiger partial charge on any atom is -0.454 e. The standard InChI is InChI=1S/C10H7NO4/c12-10-3-6-1-8-9(15-5-14-8)2-7(6)4-11(10)13/h1-4,13H,5H2. The maximum Gasteiger partial charge on any atom is 0.283 e. The van der Waals surface area contributed by atoms with Crippen molar-refractivity contribution in [3.05, 3.63) is 34.7 Å². The highest BCUT2D eigenvalue weighted by atomic mass is 16.7. The molecule has 1 aliphatic rings. The molecule has 5 heteroatoms. The largest absolute Gasteiger partial charge is 0.454 e. The van der Waals surface area contributed by atoms with Crippen LogP contribution in [0.1, 0.15) is 0 Å². The average molecular weight is 205 g/mol. The summed E-state index contributed by atoms with van der Waals surface area (Å²) in [5, 5.41) is 10.6. The summed E-state index contributed by atoms with van der Waals surface area (Å²) in [5.74, 6) is 1.25. The first kappa shape index (κ1) is 8.16. The minimum atomic E-state index is -0.471. The van der Waals surface area contributed by atoms with Gasteiger partial charge in [0, 0.05) is 11.5 Å². The zero-order valence-corrected chi connectivity index (χ0v) is 7.64. The van der Waals surface area contributed by atoms with Crippen molar-refractivity contribution < 1.29 is 14.7 Å². The van der Waals surface area contributed by atoms with Crippen molar-refractivity contribution in [2.45, 2.75) is 0 Å². The van der Waals surface area contributed by atoms with Crippen molar-refractivity contribution in [2.24, 2.45) is 0 Å². The molecule has 15 heavy (non-hydrogen) atoms. The van der Waals surface area contributed by atoms with Gasteiger partial charge < -0.3 is 14.7 Å². The van der Waals surface area contributed by atoms with E-state index in [0.717, 1.165) is 10.8 Å². The molecule has 0 spiro atoms. The minimum absolute atomic E-state index is 0.189. The fraction of sp³-hybridized carbons (Fsp3) is 0.100. The number of hydrogen-bond acceptors (Lipinski definition) is 4. The normalized spacial score (nSPS) is 13.3. The zero-order chi connectivity index (χ0) is 10.4. The Labute approximate surface area is 84.0 Å². The Hall–Kier alpha value is -2.17. The summed E-state index contributed by atoms with van der Waals surface area (Å²) in [6, 6.07) is 4.79. The lowest BCUT2D eigenvalue weighted by atomic mass is 10.1. The van der Waals surface area contributed by atoms with Crippen LogP contribution in [0.2, 0.25) is 0 Å². The summed E-state index contributed by atoms with van der Waals surface area (Å²) in [4.78, 5) is 11.2.